The van der Waals surface area contributed by atoms with E-state index in [0.29, 0.717) is 5.84 Å². The molecule has 0 atom stereocenters. The van der Waals surface area contributed by atoms with Crippen LogP contribution >= 0.6 is 0 Å². The zero-order valence-corrected chi connectivity index (χ0v) is 11.2. The highest BCUT2D eigenvalue weighted by molar-refractivity contribution is 6.11. The van der Waals surface area contributed by atoms with Crippen LogP contribution in [0.3, 0.4) is 0 Å². The maximum absolute atomic E-state index is 12.0. The van der Waals surface area contributed by atoms with Crippen molar-refractivity contribution in [2.75, 3.05) is 0 Å². The molecule has 94 valence electrons. The molecule has 0 saturated heterocycles. The third-order valence-electron chi connectivity index (χ3n) is 3.54. The van der Waals surface area contributed by atoms with Crippen LogP contribution < -0.4 is 5.73 Å². The first-order valence-electron chi connectivity index (χ1n) is 6.02. The van der Waals surface area contributed by atoms with Crippen molar-refractivity contribution in [1.82, 2.24) is 0 Å². The summed E-state index contributed by atoms with van der Waals surface area (Å²) >= 11 is 0. The number of amidine groups is 1. The number of benzene rings is 1. The fourth-order valence-corrected chi connectivity index (χ4v) is 2.59. The summed E-state index contributed by atoms with van der Waals surface area (Å²) in [5, 5.41) is 0. The zero-order valence-electron chi connectivity index (χ0n) is 11.2. The van der Waals surface area contributed by atoms with Crippen molar-refractivity contribution in [3.8, 4) is 0 Å². The molecule has 3 heteroatoms. The molecular formula is C15H18N2O. The Morgan fingerprint density at radius 1 is 1.28 bits per heavy atom. The smallest absolute Gasteiger partial charge is 0.157 e. The van der Waals surface area contributed by atoms with Crippen LogP contribution in [0.15, 0.2) is 34.8 Å². The van der Waals surface area contributed by atoms with Gasteiger partial charge in [-0.3, -0.25) is 4.79 Å². The Hall–Kier alpha value is -1.90. The maximum Gasteiger partial charge on any atom is 0.157 e. The lowest BCUT2D eigenvalue weighted by Gasteiger charge is -2.26. The molecule has 3 nitrogen and oxygen atoms in total. The summed E-state index contributed by atoms with van der Waals surface area (Å²) in [5.74, 6) is 0.532. The van der Waals surface area contributed by atoms with E-state index < -0.39 is 5.41 Å². The van der Waals surface area contributed by atoms with Crippen LogP contribution in [0, 0.1) is 5.41 Å². The highest BCUT2D eigenvalue weighted by Crippen LogP contribution is 2.40. The summed E-state index contributed by atoms with van der Waals surface area (Å²) in [7, 11) is 0. The predicted molar refractivity (Wildman–Crippen MR) is 74.8 cm³/mol. The minimum absolute atomic E-state index is 0.0485. The number of carbonyl (C=O) groups excluding carboxylic acids is 1. The Morgan fingerprint density at radius 2 is 1.89 bits per heavy atom. The van der Waals surface area contributed by atoms with Crippen molar-refractivity contribution in [2.45, 2.75) is 27.7 Å². The van der Waals surface area contributed by atoms with Crippen molar-refractivity contribution < 1.29 is 4.79 Å². The van der Waals surface area contributed by atoms with Gasteiger partial charge in [-0.1, -0.05) is 18.2 Å². The standard InChI is InChI=1S/C15H18N2O/c1-9-11-7-5-6-8-12(11)17-14(16)15(3,4)13(9)10(2)18/h5-8H,1-4H3,(H2,16,17)/i16-12. The SMILES string of the molecule is CC(=O)C1=C(C)c2ccccc2N=C([2NH2])C1(C)C. The molecule has 0 fully saturated rings. The van der Waals surface area contributed by atoms with E-state index in [9.17, 15) is 4.79 Å². The van der Waals surface area contributed by atoms with Gasteiger partial charge in [0.1, 0.15) is 5.84 Å². The van der Waals surface area contributed by atoms with Crippen LogP contribution in [0.5, 0.6) is 0 Å². The molecule has 0 aromatic heterocycles. The van der Waals surface area contributed by atoms with Crippen LogP contribution in [0.1, 0.15) is 33.3 Å². The van der Waals surface area contributed by atoms with E-state index >= 15 is 0 Å². The van der Waals surface area contributed by atoms with Gasteiger partial charge in [0.2, 0.25) is 0 Å². The summed E-state index contributed by atoms with van der Waals surface area (Å²) in [6, 6.07) is 7.77. The van der Waals surface area contributed by atoms with E-state index in [0.717, 1.165) is 22.4 Å². The van der Waals surface area contributed by atoms with Gasteiger partial charge in [0.15, 0.2) is 5.78 Å². The number of aliphatic imine (C=N–C) groups is 1. The molecule has 1 aromatic carbocycles. The molecule has 2 rings (SSSR count). The number of hydrogen-bond donors (Lipinski definition) is 1. The van der Waals surface area contributed by atoms with Gasteiger partial charge in [-0.25, -0.2) is 4.99 Å². The number of hydrogen-bond acceptors (Lipinski definition) is 3. The van der Waals surface area contributed by atoms with Gasteiger partial charge in [0.05, 0.1) is 11.1 Å². The number of rotatable bonds is 1. The average molecular weight is 230 g/mol. The van der Waals surface area contributed by atoms with Crippen molar-refractivity contribution in [1.29, 1.82) is 0 Å². The molecule has 1 heterocycles. The Labute approximate surface area is 107 Å². The highest BCUT2D eigenvalue weighted by Gasteiger charge is 2.34. The molecule has 1 aliphatic rings. The number of allylic oxidation sites excluding steroid dienone is 1. The number of ketones is 1. The normalized spacial score (nSPS) is 17.9. The molecule has 0 bridgehead atoms. The average Bonchev–Trinajstić information content (AvgIpc) is 2.34. The van der Waals surface area contributed by atoms with E-state index in [1.165, 1.54) is 0 Å². The fourth-order valence-electron chi connectivity index (χ4n) is 2.59. The largest absolute Gasteiger partial charge is 0.386 e. The second kappa shape index (κ2) is 4.09. The lowest BCUT2D eigenvalue weighted by Crippen LogP contribution is -2.35. The third kappa shape index (κ3) is 1.76. The van der Waals surface area contributed by atoms with E-state index in [2.05, 4.69) is 4.99 Å². The Bertz CT molecular complexity index is 580. The lowest BCUT2D eigenvalue weighted by molar-refractivity contribution is -0.114. The topological polar surface area (TPSA) is 55.5 Å². The number of nitrogens with zero attached hydrogens (tertiary/aromatic N) is 1. The number of nitrogens with two attached hydrogens (primary N) is 1. The first-order chi connectivity index (χ1) is 8.35. The van der Waals surface area contributed by atoms with E-state index in [1.54, 1.807) is 6.92 Å². The van der Waals surface area contributed by atoms with E-state index in [4.69, 9.17) is 5.73 Å². The number of carbonyl (C=O) groups is 1. The van der Waals surface area contributed by atoms with Gasteiger partial charge in [-0.2, -0.15) is 0 Å². The Balaban J connectivity index is 2.85. The van der Waals surface area contributed by atoms with Gasteiger partial charge in [0, 0.05) is 11.1 Å². The first-order valence-corrected chi connectivity index (χ1v) is 6.02. The minimum Gasteiger partial charge on any atom is -0.386 e. The monoisotopic (exact) mass is 230 g/mol. The second-order valence-electron chi connectivity index (χ2n) is 5.20. The molecule has 2 N–H and O–H groups in total. The van der Waals surface area contributed by atoms with Gasteiger partial charge in [-0.15, -0.1) is 0 Å². The second-order valence-corrected chi connectivity index (χ2v) is 5.20. The molecular weight excluding hydrogens is 212 g/mol. The molecule has 0 saturated carbocycles. The van der Waals surface area contributed by atoms with Gasteiger partial charge in [0.25, 0.3) is 0 Å². The summed E-state index contributed by atoms with van der Waals surface area (Å²) in [4.78, 5) is 16.4. The van der Waals surface area contributed by atoms with Crippen LogP contribution in [0.4, 0.5) is 5.69 Å². The number of para-hydroxylation sites is 1. The zero-order chi connectivity index (χ0) is 13.5. The van der Waals surface area contributed by atoms with Crippen LogP contribution in [-0.4, -0.2) is 11.6 Å². The maximum atomic E-state index is 12.0. The number of fused-ring (bicyclic) bond motifs is 1. The molecule has 0 unspecified atom stereocenters. The van der Waals surface area contributed by atoms with Crippen molar-refractivity contribution in [2.24, 2.45) is 16.1 Å². The molecule has 1 aromatic rings. The van der Waals surface area contributed by atoms with Gasteiger partial charge in [-0.05, 0) is 39.3 Å². The predicted octanol–water partition coefficient (Wildman–Crippen LogP) is 3.08. The summed E-state index contributed by atoms with van der Waals surface area (Å²) in [6.07, 6.45) is 0. The van der Waals surface area contributed by atoms with Crippen LogP contribution in [-0.2, 0) is 4.79 Å². The van der Waals surface area contributed by atoms with Crippen molar-refractivity contribution in [3.05, 3.63) is 35.4 Å². The molecule has 1 aliphatic heterocycles. The minimum atomic E-state index is -0.533. The van der Waals surface area contributed by atoms with Gasteiger partial charge < -0.3 is 5.73 Å². The number of Topliss-reactive ketones (excluding diaryl/α,β-unsaturated/α-hetero) is 1. The lowest BCUT2D eigenvalue weighted by atomic mass is 1.90. The van der Waals surface area contributed by atoms with Crippen molar-refractivity contribution in [3.63, 3.8) is 0 Å². The van der Waals surface area contributed by atoms with Crippen LogP contribution in [0.2, 0.25) is 0 Å². The molecule has 18 heavy (non-hydrogen) atoms. The third-order valence-corrected chi connectivity index (χ3v) is 3.54. The summed E-state index contributed by atoms with van der Waals surface area (Å²) in [5.41, 5.74) is 9.07. The van der Waals surface area contributed by atoms with Crippen LogP contribution in [0.25, 0.3) is 5.57 Å². The molecule has 0 aliphatic carbocycles. The molecule has 0 amide bonds. The fraction of sp³-hybridized carbons (Fsp3) is 0.333. The highest BCUT2D eigenvalue weighted by atomic mass is 16.1. The Kier molecular flexibility index (Phi) is 2.85. The van der Waals surface area contributed by atoms with Crippen molar-refractivity contribution >= 4 is 22.9 Å². The summed E-state index contributed by atoms with van der Waals surface area (Å²) in [6.45, 7) is 7.43. The molecule has 0 spiro atoms. The van der Waals surface area contributed by atoms with E-state index in [1.807, 2.05) is 45.0 Å². The summed E-state index contributed by atoms with van der Waals surface area (Å²) < 4.78 is 0. The first kappa shape index (κ1) is 12.6. The Morgan fingerprint density at radius 3 is 2.50 bits per heavy atom. The van der Waals surface area contributed by atoms with E-state index in [-0.39, 0.29) is 5.78 Å². The molecule has 0 radical (unpaired) electrons. The van der Waals surface area contributed by atoms with Gasteiger partial charge >= 0.3 is 0 Å². The quantitative estimate of drug-likeness (QED) is 0.806.